The third-order valence-electron chi connectivity index (χ3n) is 1.89. The number of halogens is 1. The Morgan fingerprint density at radius 2 is 1.93 bits per heavy atom. The lowest BCUT2D eigenvalue weighted by molar-refractivity contribution is 0.354. The molecular weight excluding hydrogens is 200 g/mol. The second-order valence-corrected chi connectivity index (χ2v) is 3.01. The Morgan fingerprint density at radius 3 is 2.50 bits per heavy atom. The van der Waals surface area contributed by atoms with Crippen molar-refractivity contribution in [1.29, 1.82) is 0 Å². The number of hydrogen-bond donors (Lipinski definition) is 0. The van der Waals surface area contributed by atoms with Crippen LogP contribution >= 0.6 is 11.6 Å². The van der Waals surface area contributed by atoms with Crippen LogP contribution in [0.3, 0.4) is 0 Å². The first-order valence-electron chi connectivity index (χ1n) is 4.28. The molecule has 0 radical (unpaired) electrons. The summed E-state index contributed by atoms with van der Waals surface area (Å²) in [5, 5.41) is 0. The van der Waals surface area contributed by atoms with Gasteiger partial charge in [0.25, 0.3) is 0 Å². The van der Waals surface area contributed by atoms with Crippen molar-refractivity contribution in [3.63, 3.8) is 0 Å². The Balaban J connectivity index is 2.89. The first-order chi connectivity index (χ1) is 6.81. The van der Waals surface area contributed by atoms with Gasteiger partial charge in [0, 0.05) is 5.54 Å². The van der Waals surface area contributed by atoms with Gasteiger partial charge in [0.15, 0.2) is 11.5 Å². The zero-order chi connectivity index (χ0) is 10.4. The molecule has 0 aliphatic heterocycles. The molecule has 0 N–H and O–H groups in total. The van der Waals surface area contributed by atoms with Crippen molar-refractivity contribution in [2.45, 2.75) is 6.42 Å². The zero-order valence-electron chi connectivity index (χ0n) is 8.29. The summed E-state index contributed by atoms with van der Waals surface area (Å²) >= 11 is 5.45. The predicted octanol–water partition coefficient (Wildman–Crippen LogP) is 3.00. The van der Waals surface area contributed by atoms with Crippen LogP contribution in [0, 0.1) is 0 Å². The van der Waals surface area contributed by atoms with Crippen LogP contribution in [-0.4, -0.2) is 14.2 Å². The standard InChI is InChI=1S/C11H13ClO2/c1-13-10-6-5-9(4-3-7-12)8-11(10)14-2/h3,5-8H,4H2,1-2H3/b7-3-. The summed E-state index contributed by atoms with van der Waals surface area (Å²) in [6.07, 6.45) is 2.67. The minimum Gasteiger partial charge on any atom is -0.493 e. The molecule has 0 atom stereocenters. The quantitative estimate of drug-likeness (QED) is 0.764. The number of rotatable bonds is 4. The van der Waals surface area contributed by atoms with Crippen LogP contribution in [0.15, 0.2) is 29.8 Å². The van der Waals surface area contributed by atoms with E-state index in [0.29, 0.717) is 0 Å². The van der Waals surface area contributed by atoms with E-state index in [2.05, 4.69) is 0 Å². The van der Waals surface area contributed by atoms with Crippen LogP contribution in [0.25, 0.3) is 0 Å². The molecule has 0 amide bonds. The average molecular weight is 213 g/mol. The molecule has 0 aromatic heterocycles. The van der Waals surface area contributed by atoms with Gasteiger partial charge in [-0.25, -0.2) is 0 Å². The fourth-order valence-electron chi connectivity index (χ4n) is 1.19. The van der Waals surface area contributed by atoms with Crippen LogP contribution in [0.2, 0.25) is 0 Å². The fourth-order valence-corrected chi connectivity index (χ4v) is 1.28. The maximum atomic E-state index is 5.45. The highest BCUT2D eigenvalue weighted by Gasteiger charge is 2.02. The van der Waals surface area contributed by atoms with Crippen molar-refractivity contribution < 1.29 is 9.47 Å². The lowest BCUT2D eigenvalue weighted by atomic mass is 10.1. The number of hydrogen-bond acceptors (Lipinski definition) is 2. The van der Waals surface area contributed by atoms with Crippen LogP contribution in [-0.2, 0) is 6.42 Å². The zero-order valence-corrected chi connectivity index (χ0v) is 9.04. The second kappa shape index (κ2) is 5.55. The molecule has 0 bridgehead atoms. The van der Waals surface area contributed by atoms with Crippen LogP contribution in [0.5, 0.6) is 11.5 Å². The molecule has 1 aromatic carbocycles. The van der Waals surface area contributed by atoms with Gasteiger partial charge in [-0.15, -0.1) is 0 Å². The van der Waals surface area contributed by atoms with Crippen molar-refractivity contribution in [3.8, 4) is 11.5 Å². The van der Waals surface area contributed by atoms with Gasteiger partial charge in [0.05, 0.1) is 14.2 Å². The van der Waals surface area contributed by atoms with E-state index in [1.165, 1.54) is 5.54 Å². The summed E-state index contributed by atoms with van der Waals surface area (Å²) in [4.78, 5) is 0. The highest BCUT2D eigenvalue weighted by atomic mass is 35.5. The van der Waals surface area contributed by atoms with E-state index in [-0.39, 0.29) is 0 Å². The van der Waals surface area contributed by atoms with Crippen molar-refractivity contribution >= 4 is 11.6 Å². The topological polar surface area (TPSA) is 18.5 Å². The highest BCUT2D eigenvalue weighted by Crippen LogP contribution is 2.27. The van der Waals surface area contributed by atoms with Crippen molar-refractivity contribution in [3.05, 3.63) is 35.4 Å². The maximum absolute atomic E-state index is 5.45. The summed E-state index contributed by atoms with van der Waals surface area (Å²) in [6.45, 7) is 0. The van der Waals surface area contributed by atoms with Crippen LogP contribution < -0.4 is 9.47 Å². The second-order valence-electron chi connectivity index (χ2n) is 2.76. The molecular formula is C11H13ClO2. The van der Waals surface area contributed by atoms with E-state index >= 15 is 0 Å². The number of ether oxygens (including phenoxy) is 2. The summed E-state index contributed by atoms with van der Waals surface area (Å²) in [6, 6.07) is 5.81. The van der Waals surface area contributed by atoms with E-state index in [0.717, 1.165) is 23.5 Å². The molecule has 0 aliphatic rings. The smallest absolute Gasteiger partial charge is 0.160 e. The SMILES string of the molecule is COc1ccc(C/C=C\Cl)cc1OC. The minimum atomic E-state index is 0.742. The lowest BCUT2D eigenvalue weighted by Crippen LogP contribution is -1.91. The number of methoxy groups -OCH3 is 2. The lowest BCUT2D eigenvalue weighted by Gasteiger charge is -2.08. The van der Waals surface area contributed by atoms with Gasteiger partial charge in [-0.3, -0.25) is 0 Å². The van der Waals surface area contributed by atoms with Gasteiger partial charge < -0.3 is 9.47 Å². The molecule has 0 saturated carbocycles. The Hall–Kier alpha value is -1.15. The summed E-state index contributed by atoms with van der Waals surface area (Å²) in [7, 11) is 3.25. The Kier molecular flexibility index (Phi) is 4.33. The molecule has 2 nitrogen and oxygen atoms in total. The molecule has 0 aliphatic carbocycles. The molecule has 3 heteroatoms. The predicted molar refractivity (Wildman–Crippen MR) is 58.2 cm³/mol. The normalized spacial score (nSPS) is 10.5. The molecule has 1 aromatic rings. The Morgan fingerprint density at radius 1 is 1.21 bits per heavy atom. The third kappa shape index (κ3) is 2.67. The van der Waals surface area contributed by atoms with Gasteiger partial charge in [-0.05, 0) is 24.1 Å². The molecule has 76 valence electrons. The molecule has 0 fully saturated rings. The minimum absolute atomic E-state index is 0.742. The summed E-state index contributed by atoms with van der Waals surface area (Å²) in [5.41, 5.74) is 2.65. The highest BCUT2D eigenvalue weighted by molar-refractivity contribution is 6.25. The number of benzene rings is 1. The van der Waals surface area contributed by atoms with Crippen LogP contribution in [0.4, 0.5) is 0 Å². The van der Waals surface area contributed by atoms with E-state index in [9.17, 15) is 0 Å². The van der Waals surface area contributed by atoms with E-state index in [1.54, 1.807) is 14.2 Å². The van der Waals surface area contributed by atoms with E-state index < -0.39 is 0 Å². The molecule has 0 unspecified atom stereocenters. The molecule has 0 spiro atoms. The molecule has 0 saturated heterocycles. The van der Waals surface area contributed by atoms with Crippen molar-refractivity contribution in [2.24, 2.45) is 0 Å². The van der Waals surface area contributed by atoms with Crippen molar-refractivity contribution in [2.75, 3.05) is 14.2 Å². The summed E-state index contributed by atoms with van der Waals surface area (Å²) < 4.78 is 10.3. The van der Waals surface area contributed by atoms with Gasteiger partial charge in [0.2, 0.25) is 0 Å². The summed E-state index contributed by atoms with van der Waals surface area (Å²) in [5.74, 6) is 1.49. The maximum Gasteiger partial charge on any atom is 0.160 e. The van der Waals surface area contributed by atoms with Crippen LogP contribution in [0.1, 0.15) is 5.56 Å². The number of allylic oxidation sites excluding steroid dienone is 1. The first-order valence-corrected chi connectivity index (χ1v) is 4.71. The molecule has 0 heterocycles. The first kappa shape index (κ1) is 10.9. The monoisotopic (exact) mass is 212 g/mol. The van der Waals surface area contributed by atoms with Gasteiger partial charge in [-0.1, -0.05) is 23.7 Å². The van der Waals surface area contributed by atoms with E-state index in [1.807, 2.05) is 24.3 Å². The Bertz CT molecular complexity index is 321. The van der Waals surface area contributed by atoms with Gasteiger partial charge in [0.1, 0.15) is 0 Å². The third-order valence-corrected chi connectivity index (χ3v) is 2.07. The largest absolute Gasteiger partial charge is 0.493 e. The van der Waals surface area contributed by atoms with Gasteiger partial charge in [-0.2, -0.15) is 0 Å². The van der Waals surface area contributed by atoms with Gasteiger partial charge >= 0.3 is 0 Å². The molecule has 1 rings (SSSR count). The molecule has 14 heavy (non-hydrogen) atoms. The Labute approximate surface area is 89.1 Å². The van der Waals surface area contributed by atoms with E-state index in [4.69, 9.17) is 21.1 Å². The van der Waals surface area contributed by atoms with Crippen molar-refractivity contribution in [1.82, 2.24) is 0 Å². The fraction of sp³-hybridized carbons (Fsp3) is 0.273. The average Bonchev–Trinajstić information content (AvgIpc) is 2.25.